The highest BCUT2D eigenvalue weighted by molar-refractivity contribution is 6.30. The number of aromatic nitrogens is 3. The van der Waals surface area contributed by atoms with E-state index < -0.39 is 6.10 Å². The highest BCUT2D eigenvalue weighted by Crippen LogP contribution is 2.21. The Balaban J connectivity index is 1.56. The fourth-order valence-electron chi connectivity index (χ4n) is 3.26. The molecule has 30 heavy (non-hydrogen) atoms. The zero-order chi connectivity index (χ0) is 21.1. The Morgan fingerprint density at radius 2 is 2.03 bits per heavy atom. The summed E-state index contributed by atoms with van der Waals surface area (Å²) in [4.78, 5) is 35.8. The van der Waals surface area contributed by atoms with Crippen molar-refractivity contribution in [3.63, 3.8) is 0 Å². The number of benzene rings is 1. The molecule has 1 N–H and O–H groups in total. The molecule has 0 bridgehead atoms. The summed E-state index contributed by atoms with van der Waals surface area (Å²) < 4.78 is 7.14. The van der Waals surface area contributed by atoms with E-state index in [-0.39, 0.29) is 18.0 Å². The summed E-state index contributed by atoms with van der Waals surface area (Å²) >= 11 is 5.98. The molecular weight excluding hydrogens is 406 g/mol. The van der Waals surface area contributed by atoms with Gasteiger partial charge in [0.25, 0.3) is 11.5 Å². The van der Waals surface area contributed by atoms with Crippen molar-refractivity contribution >= 4 is 29.1 Å². The zero-order valence-electron chi connectivity index (χ0n) is 16.3. The molecule has 0 saturated carbocycles. The highest BCUT2D eigenvalue weighted by atomic mass is 35.5. The van der Waals surface area contributed by atoms with Gasteiger partial charge in [-0.1, -0.05) is 17.7 Å². The molecule has 4 rings (SSSR count). The molecule has 154 valence electrons. The number of rotatable bonds is 4. The Morgan fingerprint density at radius 1 is 1.23 bits per heavy atom. The SMILES string of the molecule is Cn1c(N2CCOC(C(=O)Nc3cccc(Cl)c3)C2)nc(-c2ccncc2)cc1=O. The molecule has 3 heterocycles. The lowest BCUT2D eigenvalue weighted by Gasteiger charge is -2.33. The van der Waals surface area contributed by atoms with Crippen molar-refractivity contribution in [2.45, 2.75) is 6.10 Å². The molecule has 1 unspecified atom stereocenters. The number of morpholine rings is 1. The summed E-state index contributed by atoms with van der Waals surface area (Å²) in [5, 5.41) is 3.35. The number of hydrogen-bond acceptors (Lipinski definition) is 6. The summed E-state index contributed by atoms with van der Waals surface area (Å²) in [6, 6.07) is 12.0. The molecule has 1 aromatic carbocycles. The van der Waals surface area contributed by atoms with Crippen molar-refractivity contribution in [2.75, 3.05) is 29.9 Å². The Morgan fingerprint density at radius 3 is 2.80 bits per heavy atom. The van der Waals surface area contributed by atoms with E-state index in [0.29, 0.717) is 35.5 Å². The second-order valence-electron chi connectivity index (χ2n) is 6.88. The number of amides is 1. The molecule has 8 nitrogen and oxygen atoms in total. The van der Waals surface area contributed by atoms with Gasteiger partial charge in [0.2, 0.25) is 5.95 Å². The van der Waals surface area contributed by atoms with Crippen LogP contribution in [-0.4, -0.2) is 46.2 Å². The maximum Gasteiger partial charge on any atom is 0.255 e. The first-order chi connectivity index (χ1) is 14.5. The second kappa shape index (κ2) is 8.64. The van der Waals surface area contributed by atoms with Gasteiger partial charge < -0.3 is 15.0 Å². The smallest absolute Gasteiger partial charge is 0.255 e. The Labute approximate surface area is 178 Å². The van der Waals surface area contributed by atoms with Crippen LogP contribution in [0.5, 0.6) is 0 Å². The van der Waals surface area contributed by atoms with Crippen LogP contribution in [0.15, 0.2) is 59.7 Å². The molecule has 1 saturated heterocycles. The zero-order valence-corrected chi connectivity index (χ0v) is 17.0. The Bertz CT molecular complexity index is 1120. The maximum absolute atomic E-state index is 12.7. The first-order valence-corrected chi connectivity index (χ1v) is 9.80. The number of carbonyl (C=O) groups is 1. The third-order valence-corrected chi connectivity index (χ3v) is 5.06. The topological polar surface area (TPSA) is 89.3 Å². The van der Waals surface area contributed by atoms with E-state index in [4.69, 9.17) is 16.3 Å². The predicted octanol–water partition coefficient (Wildman–Crippen LogP) is 2.34. The summed E-state index contributed by atoms with van der Waals surface area (Å²) in [5.41, 5.74) is 1.77. The Hall–Kier alpha value is -3.23. The summed E-state index contributed by atoms with van der Waals surface area (Å²) in [6.45, 7) is 1.12. The minimum Gasteiger partial charge on any atom is -0.365 e. The minimum absolute atomic E-state index is 0.182. The number of nitrogens with zero attached hydrogens (tertiary/aromatic N) is 4. The molecule has 1 atom stereocenters. The number of nitrogens with one attached hydrogen (secondary N) is 1. The molecule has 1 aliphatic heterocycles. The van der Waals surface area contributed by atoms with Crippen molar-refractivity contribution in [3.05, 3.63) is 70.2 Å². The van der Waals surface area contributed by atoms with E-state index in [1.807, 2.05) is 4.90 Å². The average molecular weight is 426 g/mol. The number of halogens is 1. The molecule has 3 aromatic rings. The lowest BCUT2D eigenvalue weighted by atomic mass is 10.2. The standard InChI is InChI=1S/C21H20ClN5O3/c1-26-19(28)12-17(14-5-7-23-8-6-14)25-21(26)27-9-10-30-18(13-27)20(29)24-16-4-2-3-15(22)11-16/h2-8,11-12,18H,9-10,13H2,1H3,(H,24,29). The average Bonchev–Trinajstić information content (AvgIpc) is 2.76. The van der Waals surface area contributed by atoms with Gasteiger partial charge in [0.1, 0.15) is 0 Å². The van der Waals surface area contributed by atoms with Crippen molar-refractivity contribution < 1.29 is 9.53 Å². The fourth-order valence-corrected chi connectivity index (χ4v) is 3.45. The van der Waals surface area contributed by atoms with Crippen LogP contribution >= 0.6 is 11.6 Å². The Kier molecular flexibility index (Phi) is 5.78. The third kappa shape index (κ3) is 4.34. The molecule has 1 amide bonds. The van der Waals surface area contributed by atoms with E-state index in [0.717, 1.165) is 5.56 Å². The number of anilines is 2. The minimum atomic E-state index is -0.709. The van der Waals surface area contributed by atoms with Gasteiger partial charge in [0, 0.05) is 48.3 Å². The van der Waals surface area contributed by atoms with Crippen LogP contribution in [0.3, 0.4) is 0 Å². The van der Waals surface area contributed by atoms with Gasteiger partial charge >= 0.3 is 0 Å². The predicted molar refractivity (Wildman–Crippen MR) is 115 cm³/mol. The molecule has 1 aliphatic rings. The maximum atomic E-state index is 12.7. The number of pyridine rings is 1. The van der Waals surface area contributed by atoms with Crippen LogP contribution in [0.2, 0.25) is 5.02 Å². The lowest BCUT2D eigenvalue weighted by molar-refractivity contribution is -0.128. The van der Waals surface area contributed by atoms with Crippen LogP contribution in [0.4, 0.5) is 11.6 Å². The summed E-state index contributed by atoms with van der Waals surface area (Å²) in [6.07, 6.45) is 2.59. The molecule has 1 fully saturated rings. The van der Waals surface area contributed by atoms with Gasteiger partial charge in [-0.25, -0.2) is 4.98 Å². The normalized spacial score (nSPS) is 16.3. The van der Waals surface area contributed by atoms with Gasteiger partial charge in [0.15, 0.2) is 6.10 Å². The molecular formula is C21H20ClN5O3. The van der Waals surface area contributed by atoms with Crippen LogP contribution in [0.1, 0.15) is 0 Å². The van der Waals surface area contributed by atoms with E-state index >= 15 is 0 Å². The number of carbonyl (C=O) groups excluding carboxylic acids is 1. The van der Waals surface area contributed by atoms with Crippen molar-refractivity contribution in [2.24, 2.45) is 7.05 Å². The van der Waals surface area contributed by atoms with E-state index in [1.165, 1.54) is 10.6 Å². The summed E-state index contributed by atoms with van der Waals surface area (Å²) in [5.74, 6) is 0.204. The quantitative estimate of drug-likeness (QED) is 0.690. The largest absolute Gasteiger partial charge is 0.365 e. The highest BCUT2D eigenvalue weighted by Gasteiger charge is 2.29. The molecule has 9 heteroatoms. The third-order valence-electron chi connectivity index (χ3n) is 4.82. The van der Waals surface area contributed by atoms with Crippen LogP contribution in [0.25, 0.3) is 11.3 Å². The second-order valence-corrected chi connectivity index (χ2v) is 7.32. The van der Waals surface area contributed by atoms with Crippen molar-refractivity contribution in [1.29, 1.82) is 0 Å². The first-order valence-electron chi connectivity index (χ1n) is 9.43. The summed E-state index contributed by atoms with van der Waals surface area (Å²) in [7, 11) is 1.66. The van der Waals surface area contributed by atoms with Crippen LogP contribution in [0, 0.1) is 0 Å². The molecule has 0 aliphatic carbocycles. The van der Waals surface area contributed by atoms with Gasteiger partial charge in [-0.2, -0.15) is 0 Å². The van der Waals surface area contributed by atoms with Gasteiger partial charge in [0.05, 0.1) is 18.8 Å². The lowest BCUT2D eigenvalue weighted by Crippen LogP contribution is -2.49. The fraction of sp³-hybridized carbons (Fsp3) is 0.238. The van der Waals surface area contributed by atoms with E-state index in [2.05, 4.69) is 15.3 Å². The van der Waals surface area contributed by atoms with Gasteiger partial charge in [-0.15, -0.1) is 0 Å². The molecule has 2 aromatic heterocycles. The van der Waals surface area contributed by atoms with Gasteiger partial charge in [-0.05, 0) is 30.3 Å². The van der Waals surface area contributed by atoms with Crippen molar-refractivity contribution in [3.8, 4) is 11.3 Å². The van der Waals surface area contributed by atoms with Crippen molar-refractivity contribution in [1.82, 2.24) is 14.5 Å². The van der Waals surface area contributed by atoms with E-state index in [1.54, 1.807) is 55.8 Å². The number of ether oxygens (including phenoxy) is 1. The molecule has 0 radical (unpaired) electrons. The molecule has 0 spiro atoms. The number of hydrogen-bond donors (Lipinski definition) is 1. The van der Waals surface area contributed by atoms with Crippen LogP contribution < -0.4 is 15.8 Å². The first kappa shape index (κ1) is 20.1. The monoisotopic (exact) mass is 425 g/mol. The van der Waals surface area contributed by atoms with E-state index in [9.17, 15) is 9.59 Å². The van der Waals surface area contributed by atoms with Gasteiger partial charge in [-0.3, -0.25) is 19.1 Å². The van der Waals surface area contributed by atoms with Crippen LogP contribution in [-0.2, 0) is 16.6 Å².